The minimum absolute atomic E-state index is 0.103. The van der Waals surface area contributed by atoms with Crippen molar-refractivity contribution in [2.75, 3.05) is 13.7 Å². The van der Waals surface area contributed by atoms with Crippen molar-refractivity contribution >= 4 is 5.97 Å². The number of unbranched alkanes of at least 4 members (excludes halogenated alkanes) is 3. The van der Waals surface area contributed by atoms with Gasteiger partial charge in [-0.3, -0.25) is 4.79 Å². The van der Waals surface area contributed by atoms with Crippen LogP contribution in [-0.4, -0.2) is 24.8 Å². The van der Waals surface area contributed by atoms with E-state index in [-0.39, 0.29) is 5.92 Å². The molecule has 0 aromatic carbocycles. The molecule has 1 aliphatic carbocycles. The average molecular weight is 351 g/mol. The fourth-order valence-electron chi connectivity index (χ4n) is 4.02. The number of carboxylic acid groups (broad SMARTS) is 1. The Kier molecular flexibility index (Phi) is 10.1. The van der Waals surface area contributed by atoms with E-state index in [2.05, 4.69) is 26.8 Å². The van der Waals surface area contributed by atoms with Crippen LogP contribution in [0.1, 0.15) is 78.6 Å². The summed E-state index contributed by atoms with van der Waals surface area (Å²) in [7, 11) is 1.70. The van der Waals surface area contributed by atoms with Crippen LogP contribution in [0.3, 0.4) is 0 Å². The zero-order valence-electron chi connectivity index (χ0n) is 16.7. The highest BCUT2D eigenvalue weighted by Gasteiger charge is 2.45. The minimum atomic E-state index is -0.730. The van der Waals surface area contributed by atoms with Crippen molar-refractivity contribution < 1.29 is 14.6 Å². The molecule has 0 radical (unpaired) electrons. The second-order valence-corrected chi connectivity index (χ2v) is 7.88. The number of carbonyl (C=O) groups is 1. The van der Waals surface area contributed by atoms with Crippen molar-refractivity contribution in [1.82, 2.24) is 0 Å². The molecule has 0 spiro atoms. The zero-order chi connectivity index (χ0) is 18.7. The molecule has 1 rings (SSSR count). The molecule has 0 aliphatic heterocycles. The van der Waals surface area contributed by atoms with Crippen LogP contribution in [-0.2, 0) is 9.53 Å². The molecule has 0 aromatic rings. The van der Waals surface area contributed by atoms with Gasteiger partial charge in [0.1, 0.15) is 0 Å². The first kappa shape index (κ1) is 22.0. The fraction of sp³-hybridized carbons (Fsp3) is 0.773. The van der Waals surface area contributed by atoms with Gasteiger partial charge >= 0.3 is 5.97 Å². The van der Waals surface area contributed by atoms with Gasteiger partial charge in [0.05, 0.1) is 5.41 Å². The lowest BCUT2D eigenvalue weighted by Gasteiger charge is -2.39. The Labute approximate surface area is 154 Å². The number of hydrogen-bond donors (Lipinski definition) is 1. The monoisotopic (exact) mass is 350 g/mol. The van der Waals surface area contributed by atoms with Crippen LogP contribution in [0.4, 0.5) is 0 Å². The molecule has 0 amide bonds. The topological polar surface area (TPSA) is 46.5 Å². The van der Waals surface area contributed by atoms with Crippen LogP contribution in [0.5, 0.6) is 0 Å². The number of allylic oxidation sites excluding steroid dienone is 2. The molecule has 1 aliphatic rings. The molecule has 0 fully saturated rings. The number of ether oxygens (including phenoxy) is 1. The molecule has 1 N–H and O–H groups in total. The molecule has 144 valence electrons. The Hall–Kier alpha value is -1.09. The maximum Gasteiger partial charge on any atom is 0.314 e. The van der Waals surface area contributed by atoms with Crippen molar-refractivity contribution in [3.8, 4) is 0 Å². The molecule has 0 aromatic heterocycles. The first-order valence-electron chi connectivity index (χ1n) is 10.1. The summed E-state index contributed by atoms with van der Waals surface area (Å²) in [5.74, 6) is 0.201. The Morgan fingerprint density at radius 1 is 1.28 bits per heavy atom. The van der Waals surface area contributed by atoms with Crippen LogP contribution in [0.25, 0.3) is 0 Å². The standard InChI is InChI=1S/C22H38O3/c1-5-11-20-19(14-17-25-4)13-10-16-22(20,21(23)24)15-9-7-6-8-12-18(2)3/h10,13,16,18,20H,5-9,11-12,14-15,17H2,1-4H3,(H,23,24). The normalized spacial score (nSPS) is 23.1. The van der Waals surface area contributed by atoms with E-state index >= 15 is 0 Å². The van der Waals surface area contributed by atoms with Crippen LogP contribution in [0, 0.1) is 17.3 Å². The number of rotatable bonds is 13. The Balaban J connectivity index is 2.74. The molecular formula is C22H38O3. The zero-order valence-corrected chi connectivity index (χ0v) is 16.7. The van der Waals surface area contributed by atoms with E-state index in [1.807, 2.05) is 12.2 Å². The van der Waals surface area contributed by atoms with E-state index in [4.69, 9.17) is 4.74 Å². The number of aliphatic carboxylic acids is 1. The van der Waals surface area contributed by atoms with Gasteiger partial charge in [-0.1, -0.05) is 83.1 Å². The highest BCUT2D eigenvalue weighted by atomic mass is 16.5. The highest BCUT2D eigenvalue weighted by Crippen LogP contribution is 2.45. The van der Waals surface area contributed by atoms with Crippen molar-refractivity contribution in [3.63, 3.8) is 0 Å². The van der Waals surface area contributed by atoms with Crippen LogP contribution < -0.4 is 0 Å². The molecule has 2 atom stereocenters. The average Bonchev–Trinajstić information content (AvgIpc) is 2.57. The number of carboxylic acids is 1. The molecule has 3 heteroatoms. The van der Waals surface area contributed by atoms with Crippen molar-refractivity contribution in [1.29, 1.82) is 0 Å². The van der Waals surface area contributed by atoms with Crippen LogP contribution >= 0.6 is 0 Å². The van der Waals surface area contributed by atoms with E-state index in [0.717, 1.165) is 44.4 Å². The van der Waals surface area contributed by atoms with Crippen molar-refractivity contribution in [2.24, 2.45) is 17.3 Å². The van der Waals surface area contributed by atoms with Gasteiger partial charge in [-0.15, -0.1) is 0 Å². The highest BCUT2D eigenvalue weighted by molar-refractivity contribution is 5.79. The summed E-state index contributed by atoms with van der Waals surface area (Å²) in [5, 5.41) is 10.1. The minimum Gasteiger partial charge on any atom is -0.481 e. The third kappa shape index (κ3) is 6.62. The molecule has 0 saturated carbocycles. The number of hydrogen-bond acceptors (Lipinski definition) is 2. The van der Waals surface area contributed by atoms with Crippen LogP contribution in [0.2, 0.25) is 0 Å². The lowest BCUT2D eigenvalue weighted by atomic mass is 9.64. The molecule has 3 nitrogen and oxygen atoms in total. The largest absolute Gasteiger partial charge is 0.481 e. The Morgan fingerprint density at radius 3 is 2.60 bits per heavy atom. The summed E-state index contributed by atoms with van der Waals surface area (Å²) >= 11 is 0. The van der Waals surface area contributed by atoms with Crippen molar-refractivity contribution in [2.45, 2.75) is 78.6 Å². The maximum atomic E-state index is 12.3. The second kappa shape index (κ2) is 11.5. The summed E-state index contributed by atoms with van der Waals surface area (Å²) in [6, 6.07) is 0. The fourth-order valence-corrected chi connectivity index (χ4v) is 4.02. The predicted molar refractivity (Wildman–Crippen MR) is 105 cm³/mol. The molecule has 0 bridgehead atoms. The van der Waals surface area contributed by atoms with E-state index < -0.39 is 11.4 Å². The molecule has 0 heterocycles. The number of methoxy groups -OCH3 is 1. The van der Waals surface area contributed by atoms with E-state index in [1.54, 1.807) is 7.11 Å². The summed E-state index contributed by atoms with van der Waals surface area (Å²) < 4.78 is 5.23. The van der Waals surface area contributed by atoms with Gasteiger partial charge in [0.15, 0.2) is 0 Å². The van der Waals surface area contributed by atoms with Gasteiger partial charge in [-0.2, -0.15) is 0 Å². The second-order valence-electron chi connectivity index (χ2n) is 7.88. The van der Waals surface area contributed by atoms with Gasteiger partial charge < -0.3 is 9.84 Å². The lowest BCUT2D eigenvalue weighted by molar-refractivity contribution is -0.149. The molecule has 0 saturated heterocycles. The van der Waals surface area contributed by atoms with Crippen molar-refractivity contribution in [3.05, 3.63) is 23.8 Å². The first-order valence-corrected chi connectivity index (χ1v) is 10.1. The van der Waals surface area contributed by atoms with Gasteiger partial charge in [-0.05, 0) is 31.1 Å². The first-order chi connectivity index (χ1) is 12.0. The van der Waals surface area contributed by atoms with Crippen LogP contribution in [0.15, 0.2) is 23.8 Å². The van der Waals surface area contributed by atoms with Gasteiger partial charge in [0, 0.05) is 13.7 Å². The van der Waals surface area contributed by atoms with Gasteiger partial charge in [-0.25, -0.2) is 0 Å². The van der Waals surface area contributed by atoms with Gasteiger partial charge in [0.25, 0.3) is 0 Å². The third-order valence-corrected chi connectivity index (χ3v) is 5.47. The third-order valence-electron chi connectivity index (χ3n) is 5.47. The van der Waals surface area contributed by atoms with E-state index in [9.17, 15) is 9.90 Å². The smallest absolute Gasteiger partial charge is 0.314 e. The Morgan fingerprint density at radius 2 is 2.00 bits per heavy atom. The summed E-state index contributed by atoms with van der Waals surface area (Å²) in [6.07, 6.45) is 15.4. The quantitative estimate of drug-likeness (QED) is 0.414. The summed E-state index contributed by atoms with van der Waals surface area (Å²) in [6.45, 7) is 7.32. The van der Waals surface area contributed by atoms with E-state index in [0.29, 0.717) is 6.61 Å². The summed E-state index contributed by atoms with van der Waals surface area (Å²) in [5.41, 5.74) is 0.514. The van der Waals surface area contributed by atoms with E-state index in [1.165, 1.54) is 24.8 Å². The SMILES string of the molecule is CCCC1C(CCOC)=CC=CC1(CCCCCCC(C)C)C(=O)O. The maximum absolute atomic E-state index is 12.3. The predicted octanol–water partition coefficient (Wildman–Crippen LogP) is 6.00. The lowest BCUT2D eigenvalue weighted by Crippen LogP contribution is -2.39. The molecule has 2 unspecified atom stereocenters. The Bertz CT molecular complexity index is 450. The molecule has 25 heavy (non-hydrogen) atoms. The molecular weight excluding hydrogens is 312 g/mol. The van der Waals surface area contributed by atoms with Gasteiger partial charge in [0.2, 0.25) is 0 Å². The summed E-state index contributed by atoms with van der Waals surface area (Å²) in [4.78, 5) is 12.3.